The van der Waals surface area contributed by atoms with Gasteiger partial charge in [-0.25, -0.2) is 0 Å². The molecule has 0 atom stereocenters. The predicted octanol–water partition coefficient (Wildman–Crippen LogP) is 1.36. The van der Waals surface area contributed by atoms with E-state index in [2.05, 4.69) is 22.4 Å². The molecule has 0 radical (unpaired) electrons. The van der Waals surface area contributed by atoms with Gasteiger partial charge in [0.2, 0.25) is 0 Å². The lowest BCUT2D eigenvalue weighted by Crippen LogP contribution is -2.57. The molecule has 0 aromatic heterocycles. The Kier molecular flexibility index (Phi) is 2.12. The summed E-state index contributed by atoms with van der Waals surface area (Å²) in [6, 6.07) is 10.1. The third-order valence-corrected chi connectivity index (χ3v) is 3.73. The van der Waals surface area contributed by atoms with Crippen molar-refractivity contribution in [3.05, 3.63) is 29.8 Å². The van der Waals surface area contributed by atoms with Crippen LogP contribution in [0.2, 0.25) is 0 Å². The molecular weight excluding hydrogens is 198 g/mol. The maximum Gasteiger partial charge on any atom is 0.0992 e. The fraction of sp³-hybridized carbons (Fsp3) is 0.462. The van der Waals surface area contributed by atoms with E-state index in [1.807, 2.05) is 18.2 Å². The first-order valence-electron chi connectivity index (χ1n) is 5.77. The number of nitrogens with zero attached hydrogens (tertiary/aromatic N) is 2. The first kappa shape index (κ1) is 9.68. The van der Waals surface area contributed by atoms with Crippen molar-refractivity contribution in [1.29, 1.82) is 5.26 Å². The maximum atomic E-state index is 8.86. The van der Waals surface area contributed by atoms with Gasteiger partial charge in [0.15, 0.2) is 0 Å². The zero-order valence-corrected chi connectivity index (χ0v) is 9.24. The Labute approximate surface area is 95.7 Å². The van der Waals surface area contributed by atoms with Crippen LogP contribution in [0.15, 0.2) is 24.3 Å². The molecule has 2 aliphatic heterocycles. The molecule has 0 amide bonds. The van der Waals surface area contributed by atoms with E-state index in [1.54, 1.807) is 0 Å². The summed E-state index contributed by atoms with van der Waals surface area (Å²) in [5.41, 5.74) is 2.46. The first-order chi connectivity index (χ1) is 7.81. The number of nitriles is 1. The highest BCUT2D eigenvalue weighted by atomic mass is 15.2. The summed E-state index contributed by atoms with van der Waals surface area (Å²) in [4.78, 5) is 2.37. The standard InChI is InChI=1S/C13H15N3/c14-7-11-2-1-3-12(6-11)16-9-13(10-16)4-5-15-8-13/h1-3,6,15H,4-5,8-10H2. The molecule has 1 spiro atoms. The van der Waals surface area contributed by atoms with Crippen molar-refractivity contribution in [3.63, 3.8) is 0 Å². The van der Waals surface area contributed by atoms with E-state index in [-0.39, 0.29) is 0 Å². The lowest BCUT2D eigenvalue weighted by atomic mass is 9.79. The second-order valence-electron chi connectivity index (χ2n) is 4.94. The summed E-state index contributed by atoms with van der Waals surface area (Å²) in [7, 11) is 0. The van der Waals surface area contributed by atoms with Crippen LogP contribution in [-0.2, 0) is 0 Å². The van der Waals surface area contributed by atoms with Crippen molar-refractivity contribution in [3.8, 4) is 6.07 Å². The molecule has 1 N–H and O–H groups in total. The van der Waals surface area contributed by atoms with Crippen molar-refractivity contribution in [2.24, 2.45) is 5.41 Å². The molecule has 0 saturated carbocycles. The van der Waals surface area contributed by atoms with Gasteiger partial charge in [0.1, 0.15) is 0 Å². The second-order valence-corrected chi connectivity index (χ2v) is 4.94. The summed E-state index contributed by atoms with van der Waals surface area (Å²) in [6.07, 6.45) is 1.29. The fourth-order valence-corrected chi connectivity index (χ4v) is 2.78. The molecule has 1 aromatic rings. The molecule has 2 saturated heterocycles. The number of rotatable bonds is 1. The minimum absolute atomic E-state index is 0.517. The van der Waals surface area contributed by atoms with Crippen molar-refractivity contribution < 1.29 is 0 Å². The van der Waals surface area contributed by atoms with Gasteiger partial charge in [-0.1, -0.05) is 6.07 Å². The van der Waals surface area contributed by atoms with Gasteiger partial charge in [-0.2, -0.15) is 5.26 Å². The molecule has 3 rings (SSSR count). The SMILES string of the molecule is N#Cc1cccc(N2CC3(CCNC3)C2)c1. The highest BCUT2D eigenvalue weighted by molar-refractivity contribution is 5.54. The Balaban J connectivity index is 1.74. The van der Waals surface area contributed by atoms with E-state index in [1.165, 1.54) is 12.1 Å². The second kappa shape index (κ2) is 3.50. The first-order valence-corrected chi connectivity index (χ1v) is 5.77. The molecule has 2 fully saturated rings. The molecular formula is C13H15N3. The molecule has 82 valence electrons. The molecule has 0 unspecified atom stereocenters. The highest BCUT2D eigenvalue weighted by Gasteiger charge is 2.44. The van der Waals surface area contributed by atoms with Crippen LogP contribution in [0, 0.1) is 16.7 Å². The Bertz CT molecular complexity index is 433. The normalized spacial score (nSPS) is 21.8. The number of hydrogen-bond acceptors (Lipinski definition) is 3. The summed E-state index contributed by atoms with van der Waals surface area (Å²) < 4.78 is 0. The van der Waals surface area contributed by atoms with Gasteiger partial charge < -0.3 is 10.2 Å². The van der Waals surface area contributed by atoms with Gasteiger partial charge in [-0.05, 0) is 31.2 Å². The lowest BCUT2D eigenvalue weighted by Gasteiger charge is -2.49. The number of benzene rings is 1. The third-order valence-electron chi connectivity index (χ3n) is 3.73. The quantitative estimate of drug-likeness (QED) is 0.765. The molecule has 0 bridgehead atoms. The summed E-state index contributed by atoms with van der Waals surface area (Å²) in [5.74, 6) is 0. The maximum absolute atomic E-state index is 8.86. The van der Waals surface area contributed by atoms with E-state index >= 15 is 0 Å². The predicted molar refractivity (Wildman–Crippen MR) is 63.3 cm³/mol. The van der Waals surface area contributed by atoms with E-state index in [0.29, 0.717) is 5.41 Å². The molecule has 2 heterocycles. The van der Waals surface area contributed by atoms with Gasteiger partial charge in [-0.15, -0.1) is 0 Å². The molecule has 16 heavy (non-hydrogen) atoms. The Morgan fingerprint density at radius 1 is 1.38 bits per heavy atom. The van der Waals surface area contributed by atoms with Crippen LogP contribution >= 0.6 is 0 Å². The average molecular weight is 213 g/mol. The van der Waals surface area contributed by atoms with Crippen LogP contribution in [0.4, 0.5) is 5.69 Å². The van der Waals surface area contributed by atoms with E-state index in [9.17, 15) is 0 Å². The number of anilines is 1. The van der Waals surface area contributed by atoms with Crippen LogP contribution in [0.1, 0.15) is 12.0 Å². The molecule has 3 nitrogen and oxygen atoms in total. The summed E-state index contributed by atoms with van der Waals surface area (Å²) in [6.45, 7) is 4.58. The lowest BCUT2D eigenvalue weighted by molar-refractivity contribution is 0.243. The van der Waals surface area contributed by atoms with Gasteiger partial charge >= 0.3 is 0 Å². The fourth-order valence-electron chi connectivity index (χ4n) is 2.78. The van der Waals surface area contributed by atoms with Crippen LogP contribution in [0.5, 0.6) is 0 Å². The molecule has 0 aliphatic carbocycles. The van der Waals surface area contributed by atoms with Gasteiger partial charge in [0, 0.05) is 30.7 Å². The van der Waals surface area contributed by atoms with Crippen LogP contribution in [0.25, 0.3) is 0 Å². The zero-order valence-electron chi connectivity index (χ0n) is 9.24. The van der Waals surface area contributed by atoms with Gasteiger partial charge in [-0.3, -0.25) is 0 Å². The van der Waals surface area contributed by atoms with E-state index in [4.69, 9.17) is 5.26 Å². The zero-order chi connectivity index (χ0) is 11.0. The van der Waals surface area contributed by atoms with Crippen LogP contribution < -0.4 is 10.2 Å². The van der Waals surface area contributed by atoms with Crippen molar-refractivity contribution in [1.82, 2.24) is 5.32 Å². The highest BCUT2D eigenvalue weighted by Crippen LogP contribution is 2.38. The van der Waals surface area contributed by atoms with Crippen molar-refractivity contribution in [2.75, 3.05) is 31.1 Å². The third kappa shape index (κ3) is 1.46. The Hall–Kier alpha value is -1.53. The average Bonchev–Trinajstić information content (AvgIpc) is 2.76. The van der Waals surface area contributed by atoms with Crippen LogP contribution in [0.3, 0.4) is 0 Å². The van der Waals surface area contributed by atoms with Crippen LogP contribution in [-0.4, -0.2) is 26.2 Å². The summed E-state index contributed by atoms with van der Waals surface area (Å²) in [5, 5.41) is 12.3. The number of nitrogens with one attached hydrogen (secondary N) is 1. The summed E-state index contributed by atoms with van der Waals surface area (Å²) >= 11 is 0. The smallest absolute Gasteiger partial charge is 0.0992 e. The van der Waals surface area contributed by atoms with Crippen molar-refractivity contribution in [2.45, 2.75) is 6.42 Å². The number of hydrogen-bond donors (Lipinski definition) is 1. The molecule has 3 heteroatoms. The minimum Gasteiger partial charge on any atom is -0.370 e. The minimum atomic E-state index is 0.517. The Morgan fingerprint density at radius 3 is 2.94 bits per heavy atom. The van der Waals surface area contributed by atoms with E-state index in [0.717, 1.165) is 31.7 Å². The van der Waals surface area contributed by atoms with E-state index < -0.39 is 0 Å². The molecule has 2 aliphatic rings. The van der Waals surface area contributed by atoms with Crippen molar-refractivity contribution >= 4 is 5.69 Å². The monoisotopic (exact) mass is 213 g/mol. The topological polar surface area (TPSA) is 39.1 Å². The largest absolute Gasteiger partial charge is 0.370 e. The van der Waals surface area contributed by atoms with Gasteiger partial charge in [0.25, 0.3) is 0 Å². The Morgan fingerprint density at radius 2 is 2.25 bits per heavy atom. The molecule has 1 aromatic carbocycles. The van der Waals surface area contributed by atoms with Gasteiger partial charge in [0.05, 0.1) is 11.6 Å².